The van der Waals surface area contributed by atoms with E-state index in [0.29, 0.717) is 18.3 Å². The van der Waals surface area contributed by atoms with Gasteiger partial charge in [0.05, 0.1) is 0 Å². The van der Waals surface area contributed by atoms with Crippen molar-refractivity contribution in [1.29, 1.82) is 0 Å². The van der Waals surface area contributed by atoms with Crippen LogP contribution in [0.3, 0.4) is 0 Å². The van der Waals surface area contributed by atoms with Gasteiger partial charge in [-0.25, -0.2) is 14.1 Å². The first kappa shape index (κ1) is 15.5. The van der Waals surface area contributed by atoms with Gasteiger partial charge in [-0.1, -0.05) is 13.8 Å². The normalized spacial score (nSPS) is 11.0. The van der Waals surface area contributed by atoms with E-state index in [0.717, 1.165) is 6.07 Å². The quantitative estimate of drug-likeness (QED) is 0.750. The van der Waals surface area contributed by atoms with Crippen molar-refractivity contribution in [1.82, 2.24) is 14.8 Å². The van der Waals surface area contributed by atoms with Crippen molar-refractivity contribution in [3.05, 3.63) is 36.2 Å². The topological polar surface area (TPSA) is 80.4 Å². The lowest BCUT2D eigenvalue weighted by atomic mass is 9.80. The summed E-state index contributed by atoms with van der Waals surface area (Å²) < 4.78 is 20.6. The van der Waals surface area contributed by atoms with Crippen molar-refractivity contribution in [3.8, 4) is 5.75 Å². The smallest absolute Gasteiger partial charge is 0.486 e. The molecule has 0 radical (unpaired) electrons. The highest BCUT2D eigenvalue weighted by molar-refractivity contribution is 6.58. The Labute approximate surface area is 122 Å². The summed E-state index contributed by atoms with van der Waals surface area (Å²) in [5, 5.41) is 22.3. The minimum absolute atomic E-state index is 0.0358. The zero-order chi connectivity index (χ0) is 15.4. The minimum Gasteiger partial charge on any atom is -0.486 e. The summed E-state index contributed by atoms with van der Waals surface area (Å²) in [5.41, 5.74) is 0.0358. The molecule has 0 saturated heterocycles. The molecule has 0 amide bonds. The van der Waals surface area contributed by atoms with Gasteiger partial charge in [0.15, 0.2) is 5.82 Å². The predicted octanol–water partition coefficient (Wildman–Crippen LogP) is 0.332. The maximum absolute atomic E-state index is 13.4. The van der Waals surface area contributed by atoms with Crippen LogP contribution in [0.4, 0.5) is 4.39 Å². The molecule has 0 saturated carbocycles. The summed E-state index contributed by atoms with van der Waals surface area (Å²) in [5.74, 6) is 0.645. The summed E-state index contributed by atoms with van der Waals surface area (Å²) in [6, 6.07) is 3.59. The lowest BCUT2D eigenvalue weighted by Gasteiger charge is -2.10. The van der Waals surface area contributed by atoms with Gasteiger partial charge in [0, 0.05) is 12.6 Å². The van der Waals surface area contributed by atoms with E-state index in [2.05, 4.69) is 23.9 Å². The lowest BCUT2D eigenvalue weighted by Crippen LogP contribution is -2.30. The van der Waals surface area contributed by atoms with Crippen molar-refractivity contribution in [2.45, 2.75) is 27.0 Å². The summed E-state index contributed by atoms with van der Waals surface area (Å²) >= 11 is 0. The molecule has 0 unspecified atom stereocenters. The van der Waals surface area contributed by atoms with Crippen LogP contribution in [0.15, 0.2) is 24.5 Å². The monoisotopic (exact) mass is 293 g/mol. The standard InChI is InChI=1S/C13H17BFN3O3/c1-9(2)6-18-13(16-8-17-18)7-21-12-4-10(14(19)20)3-11(15)5-12/h3-5,8-9,19-20H,6-7H2,1-2H3. The fraction of sp³-hybridized carbons (Fsp3) is 0.385. The van der Waals surface area contributed by atoms with Crippen LogP contribution in [0.2, 0.25) is 0 Å². The zero-order valence-electron chi connectivity index (χ0n) is 11.9. The van der Waals surface area contributed by atoms with Gasteiger partial charge >= 0.3 is 7.12 Å². The van der Waals surface area contributed by atoms with E-state index in [1.807, 2.05) is 0 Å². The SMILES string of the molecule is CC(C)Cn1ncnc1COc1cc(F)cc(B(O)O)c1. The Morgan fingerprint density at radius 2 is 2.10 bits per heavy atom. The van der Waals surface area contributed by atoms with E-state index in [-0.39, 0.29) is 17.8 Å². The average Bonchev–Trinajstić information content (AvgIpc) is 2.82. The molecule has 0 atom stereocenters. The molecular weight excluding hydrogens is 276 g/mol. The second-order valence-electron chi connectivity index (χ2n) is 5.13. The Morgan fingerprint density at radius 1 is 1.33 bits per heavy atom. The van der Waals surface area contributed by atoms with E-state index in [4.69, 9.17) is 14.8 Å². The molecule has 2 rings (SSSR count). The van der Waals surface area contributed by atoms with Gasteiger partial charge in [-0.2, -0.15) is 5.10 Å². The van der Waals surface area contributed by atoms with Crippen molar-refractivity contribution >= 4 is 12.6 Å². The molecule has 112 valence electrons. The molecule has 2 aromatic rings. The summed E-state index contributed by atoms with van der Waals surface area (Å²) in [6.45, 7) is 4.96. The number of aromatic nitrogens is 3. The highest BCUT2D eigenvalue weighted by Gasteiger charge is 2.14. The Hall–Kier alpha value is -1.93. The molecule has 0 bridgehead atoms. The van der Waals surface area contributed by atoms with Crippen LogP contribution < -0.4 is 10.2 Å². The molecule has 0 aliphatic rings. The van der Waals surface area contributed by atoms with Crippen LogP contribution >= 0.6 is 0 Å². The van der Waals surface area contributed by atoms with E-state index >= 15 is 0 Å². The summed E-state index contributed by atoms with van der Waals surface area (Å²) in [6.07, 6.45) is 1.44. The first-order valence-corrected chi connectivity index (χ1v) is 6.62. The van der Waals surface area contributed by atoms with Crippen LogP contribution in [0.1, 0.15) is 19.7 Å². The number of ether oxygens (including phenoxy) is 1. The van der Waals surface area contributed by atoms with Gasteiger partial charge in [0.2, 0.25) is 0 Å². The number of rotatable bonds is 6. The molecule has 2 N–H and O–H groups in total. The van der Waals surface area contributed by atoms with Crippen molar-refractivity contribution in [2.24, 2.45) is 5.92 Å². The van der Waals surface area contributed by atoms with Crippen molar-refractivity contribution < 1.29 is 19.2 Å². The predicted molar refractivity (Wildman–Crippen MR) is 75.4 cm³/mol. The van der Waals surface area contributed by atoms with Crippen LogP contribution in [0.5, 0.6) is 5.75 Å². The Balaban J connectivity index is 2.08. The Kier molecular flexibility index (Phi) is 4.92. The molecule has 21 heavy (non-hydrogen) atoms. The van der Waals surface area contributed by atoms with Gasteiger partial charge in [-0.05, 0) is 23.5 Å². The number of halogens is 1. The fourth-order valence-electron chi connectivity index (χ4n) is 1.86. The number of hydrogen-bond donors (Lipinski definition) is 2. The lowest BCUT2D eigenvalue weighted by molar-refractivity contribution is 0.281. The summed E-state index contributed by atoms with van der Waals surface area (Å²) in [7, 11) is -1.74. The molecular formula is C13H17BFN3O3. The average molecular weight is 293 g/mol. The van der Waals surface area contributed by atoms with Gasteiger partial charge in [0.1, 0.15) is 24.5 Å². The van der Waals surface area contributed by atoms with Gasteiger partial charge in [0.25, 0.3) is 0 Å². The number of hydrogen-bond acceptors (Lipinski definition) is 5. The Bertz CT molecular complexity index is 604. The minimum atomic E-state index is -1.74. The van der Waals surface area contributed by atoms with Gasteiger partial charge < -0.3 is 14.8 Å². The van der Waals surface area contributed by atoms with Gasteiger partial charge in [-0.15, -0.1) is 0 Å². The first-order valence-electron chi connectivity index (χ1n) is 6.62. The zero-order valence-corrected chi connectivity index (χ0v) is 11.9. The molecule has 0 aliphatic carbocycles. The van der Waals surface area contributed by atoms with Crippen LogP contribution in [-0.2, 0) is 13.2 Å². The van der Waals surface area contributed by atoms with E-state index in [1.165, 1.54) is 18.5 Å². The number of nitrogens with zero attached hydrogens (tertiary/aromatic N) is 3. The fourth-order valence-corrected chi connectivity index (χ4v) is 1.86. The third-order valence-electron chi connectivity index (χ3n) is 2.79. The molecule has 0 spiro atoms. The molecule has 6 nitrogen and oxygen atoms in total. The third kappa shape index (κ3) is 4.27. The van der Waals surface area contributed by atoms with E-state index in [9.17, 15) is 4.39 Å². The molecule has 1 heterocycles. The second-order valence-corrected chi connectivity index (χ2v) is 5.13. The molecule has 0 aliphatic heterocycles. The number of benzene rings is 1. The molecule has 1 aromatic carbocycles. The van der Waals surface area contributed by atoms with E-state index in [1.54, 1.807) is 4.68 Å². The third-order valence-corrected chi connectivity index (χ3v) is 2.79. The largest absolute Gasteiger partial charge is 0.488 e. The first-order chi connectivity index (χ1) is 9.95. The second kappa shape index (κ2) is 6.69. The van der Waals surface area contributed by atoms with Crippen LogP contribution in [0, 0.1) is 11.7 Å². The highest BCUT2D eigenvalue weighted by atomic mass is 19.1. The maximum Gasteiger partial charge on any atom is 0.488 e. The molecule has 0 fully saturated rings. The van der Waals surface area contributed by atoms with Crippen molar-refractivity contribution in [2.75, 3.05) is 0 Å². The van der Waals surface area contributed by atoms with Gasteiger partial charge in [-0.3, -0.25) is 0 Å². The van der Waals surface area contributed by atoms with Crippen molar-refractivity contribution in [3.63, 3.8) is 0 Å². The van der Waals surface area contributed by atoms with Crippen LogP contribution in [0.25, 0.3) is 0 Å². The Morgan fingerprint density at radius 3 is 2.76 bits per heavy atom. The van der Waals surface area contributed by atoms with E-state index < -0.39 is 12.9 Å². The molecule has 1 aromatic heterocycles. The maximum atomic E-state index is 13.4. The molecule has 8 heteroatoms. The van der Waals surface area contributed by atoms with Crippen LogP contribution in [-0.4, -0.2) is 31.9 Å². The highest BCUT2D eigenvalue weighted by Crippen LogP contribution is 2.13. The summed E-state index contributed by atoms with van der Waals surface area (Å²) in [4.78, 5) is 4.10.